The van der Waals surface area contributed by atoms with Crippen molar-refractivity contribution >= 4 is 28.5 Å². The summed E-state index contributed by atoms with van der Waals surface area (Å²) in [5.74, 6) is 0.0282. The molecule has 0 fully saturated rings. The Bertz CT molecular complexity index is 1190. The molecular weight excluding hydrogens is 366 g/mol. The van der Waals surface area contributed by atoms with Crippen LogP contribution in [0.15, 0.2) is 78.9 Å². The molecule has 0 aliphatic heterocycles. The van der Waals surface area contributed by atoms with Gasteiger partial charge in [-0.1, -0.05) is 54.6 Å². The first-order chi connectivity index (χ1) is 14.1. The first-order valence-corrected chi connectivity index (χ1v) is 9.00. The Kier molecular flexibility index (Phi) is 4.99. The van der Waals surface area contributed by atoms with E-state index in [9.17, 15) is 9.59 Å². The molecule has 1 aromatic heterocycles. The molecule has 0 bridgehead atoms. The second-order valence-electron chi connectivity index (χ2n) is 6.39. The second kappa shape index (κ2) is 7.90. The second-order valence-corrected chi connectivity index (χ2v) is 6.39. The number of carbonyl (C=O) groups is 2. The zero-order chi connectivity index (χ0) is 20.2. The van der Waals surface area contributed by atoms with Gasteiger partial charge < -0.3 is 10.5 Å². The van der Waals surface area contributed by atoms with Crippen molar-refractivity contribution in [3.8, 4) is 0 Å². The smallest absolute Gasteiger partial charge is 0.338 e. The van der Waals surface area contributed by atoms with Crippen LogP contribution in [0.3, 0.4) is 0 Å². The number of nitrogens with zero attached hydrogens (tertiary/aromatic N) is 2. The predicted molar refractivity (Wildman–Crippen MR) is 109 cm³/mol. The summed E-state index contributed by atoms with van der Waals surface area (Å²) in [4.78, 5) is 33.3. The van der Waals surface area contributed by atoms with Gasteiger partial charge in [-0.05, 0) is 24.3 Å². The number of hydrogen-bond acceptors (Lipinski definition) is 6. The molecule has 0 aliphatic rings. The molecule has 142 valence electrons. The third kappa shape index (κ3) is 3.96. The van der Waals surface area contributed by atoms with E-state index in [4.69, 9.17) is 10.5 Å². The summed E-state index contributed by atoms with van der Waals surface area (Å²) >= 11 is 0. The Morgan fingerprint density at radius 1 is 0.759 bits per heavy atom. The quantitative estimate of drug-likeness (QED) is 0.416. The van der Waals surface area contributed by atoms with Crippen molar-refractivity contribution in [2.24, 2.45) is 0 Å². The van der Waals surface area contributed by atoms with Crippen LogP contribution < -0.4 is 5.73 Å². The van der Waals surface area contributed by atoms with Crippen molar-refractivity contribution in [3.63, 3.8) is 0 Å². The van der Waals surface area contributed by atoms with Gasteiger partial charge in [-0.3, -0.25) is 4.79 Å². The SMILES string of the molecule is Nc1nc(COC(=O)c2ccc(C(=O)c3ccccc3)cc2)nc2ccccc12. The molecule has 0 spiro atoms. The standard InChI is InChI=1S/C23H17N3O3/c24-22-18-8-4-5-9-19(18)25-20(26-22)14-29-23(28)17-12-10-16(11-13-17)21(27)15-6-2-1-3-7-15/h1-13H,14H2,(H2,24,25,26). The highest BCUT2D eigenvalue weighted by Crippen LogP contribution is 2.18. The maximum Gasteiger partial charge on any atom is 0.338 e. The van der Waals surface area contributed by atoms with Crippen molar-refractivity contribution in [1.29, 1.82) is 0 Å². The average Bonchev–Trinajstić information content (AvgIpc) is 2.78. The third-order valence-electron chi connectivity index (χ3n) is 4.43. The number of rotatable bonds is 5. The molecule has 0 amide bonds. The molecule has 0 saturated heterocycles. The van der Waals surface area contributed by atoms with Crippen LogP contribution in [-0.4, -0.2) is 21.7 Å². The zero-order valence-corrected chi connectivity index (χ0v) is 15.4. The summed E-state index contributed by atoms with van der Waals surface area (Å²) in [6, 6.07) is 22.7. The number of nitrogen functional groups attached to an aromatic ring is 1. The Hall–Kier alpha value is -4.06. The van der Waals surface area contributed by atoms with Crippen LogP contribution in [-0.2, 0) is 11.3 Å². The van der Waals surface area contributed by atoms with E-state index >= 15 is 0 Å². The van der Waals surface area contributed by atoms with Crippen LogP contribution >= 0.6 is 0 Å². The van der Waals surface area contributed by atoms with Gasteiger partial charge in [0.05, 0.1) is 11.1 Å². The van der Waals surface area contributed by atoms with Crippen molar-refractivity contribution in [1.82, 2.24) is 9.97 Å². The van der Waals surface area contributed by atoms with Crippen LogP contribution in [0.5, 0.6) is 0 Å². The van der Waals surface area contributed by atoms with Crippen molar-refractivity contribution in [3.05, 3.63) is 101 Å². The van der Waals surface area contributed by atoms with Gasteiger partial charge in [-0.25, -0.2) is 14.8 Å². The minimum Gasteiger partial charge on any atom is -0.454 e. The van der Waals surface area contributed by atoms with E-state index in [2.05, 4.69) is 9.97 Å². The van der Waals surface area contributed by atoms with E-state index in [0.717, 1.165) is 5.39 Å². The number of carbonyl (C=O) groups excluding carboxylic acids is 2. The zero-order valence-electron chi connectivity index (χ0n) is 15.4. The molecular formula is C23H17N3O3. The number of anilines is 1. The summed E-state index contributed by atoms with van der Waals surface area (Å²) in [5.41, 5.74) is 8.06. The number of benzene rings is 3. The fourth-order valence-electron chi connectivity index (χ4n) is 2.94. The molecule has 0 aliphatic carbocycles. The fourth-order valence-corrected chi connectivity index (χ4v) is 2.94. The lowest BCUT2D eigenvalue weighted by Crippen LogP contribution is -2.09. The van der Waals surface area contributed by atoms with Crippen molar-refractivity contribution in [2.45, 2.75) is 6.61 Å². The topological polar surface area (TPSA) is 95.2 Å². The van der Waals surface area contributed by atoms with Gasteiger partial charge in [0.1, 0.15) is 5.82 Å². The lowest BCUT2D eigenvalue weighted by molar-refractivity contribution is 0.0462. The van der Waals surface area contributed by atoms with Crippen molar-refractivity contribution in [2.75, 3.05) is 5.73 Å². The maximum atomic E-state index is 12.4. The van der Waals surface area contributed by atoms with Crippen LogP contribution in [0.2, 0.25) is 0 Å². The van der Waals surface area contributed by atoms with Crippen LogP contribution in [0.4, 0.5) is 5.82 Å². The van der Waals surface area contributed by atoms with Crippen LogP contribution in [0.1, 0.15) is 32.1 Å². The van der Waals surface area contributed by atoms with E-state index in [-0.39, 0.29) is 12.4 Å². The molecule has 6 nitrogen and oxygen atoms in total. The molecule has 0 radical (unpaired) electrons. The largest absolute Gasteiger partial charge is 0.454 e. The average molecular weight is 383 g/mol. The van der Waals surface area contributed by atoms with E-state index in [1.54, 1.807) is 48.5 Å². The highest BCUT2D eigenvalue weighted by atomic mass is 16.5. The van der Waals surface area contributed by atoms with Gasteiger partial charge in [0.2, 0.25) is 0 Å². The molecule has 0 unspecified atom stereocenters. The van der Waals surface area contributed by atoms with Crippen LogP contribution in [0.25, 0.3) is 10.9 Å². The number of ketones is 1. The van der Waals surface area contributed by atoms with Gasteiger partial charge in [0.15, 0.2) is 18.2 Å². The fraction of sp³-hybridized carbons (Fsp3) is 0.0435. The minimum absolute atomic E-state index is 0.0986. The molecule has 2 N–H and O–H groups in total. The molecule has 3 aromatic carbocycles. The number of esters is 1. The molecule has 4 aromatic rings. The molecule has 0 saturated carbocycles. The summed E-state index contributed by atoms with van der Waals surface area (Å²) in [7, 11) is 0. The number of nitrogens with two attached hydrogens (primary N) is 1. The van der Waals surface area contributed by atoms with Gasteiger partial charge in [0, 0.05) is 16.5 Å². The molecule has 6 heteroatoms. The number of fused-ring (bicyclic) bond motifs is 1. The minimum atomic E-state index is -0.529. The third-order valence-corrected chi connectivity index (χ3v) is 4.43. The first kappa shape index (κ1) is 18.3. The van der Waals surface area contributed by atoms with Gasteiger partial charge in [0.25, 0.3) is 0 Å². The Morgan fingerprint density at radius 2 is 1.38 bits per heavy atom. The molecule has 29 heavy (non-hydrogen) atoms. The Morgan fingerprint density at radius 3 is 2.14 bits per heavy atom. The normalized spacial score (nSPS) is 10.6. The number of para-hydroxylation sites is 1. The monoisotopic (exact) mass is 383 g/mol. The van der Waals surface area contributed by atoms with Gasteiger partial charge >= 0.3 is 5.97 Å². The number of aromatic nitrogens is 2. The van der Waals surface area contributed by atoms with E-state index in [1.807, 2.05) is 30.3 Å². The molecule has 1 heterocycles. The molecule has 4 rings (SSSR count). The van der Waals surface area contributed by atoms with Crippen molar-refractivity contribution < 1.29 is 14.3 Å². The summed E-state index contributed by atoms with van der Waals surface area (Å²) < 4.78 is 5.30. The molecule has 0 atom stereocenters. The summed E-state index contributed by atoms with van der Waals surface area (Å²) in [6.45, 7) is -0.0986. The lowest BCUT2D eigenvalue weighted by Gasteiger charge is -2.07. The van der Waals surface area contributed by atoms with E-state index < -0.39 is 5.97 Å². The van der Waals surface area contributed by atoms with Crippen LogP contribution in [0, 0.1) is 0 Å². The highest BCUT2D eigenvalue weighted by molar-refractivity contribution is 6.09. The van der Waals surface area contributed by atoms with Gasteiger partial charge in [-0.15, -0.1) is 0 Å². The summed E-state index contributed by atoms with van der Waals surface area (Å²) in [5, 5.41) is 0.751. The van der Waals surface area contributed by atoms with E-state index in [1.165, 1.54) is 0 Å². The highest BCUT2D eigenvalue weighted by Gasteiger charge is 2.13. The number of ether oxygens (including phenoxy) is 1. The van der Waals surface area contributed by atoms with E-state index in [0.29, 0.717) is 33.8 Å². The summed E-state index contributed by atoms with van der Waals surface area (Å²) in [6.07, 6.45) is 0. The maximum absolute atomic E-state index is 12.4. The van der Waals surface area contributed by atoms with Gasteiger partial charge in [-0.2, -0.15) is 0 Å². The first-order valence-electron chi connectivity index (χ1n) is 9.00. The lowest BCUT2D eigenvalue weighted by atomic mass is 10.0. The predicted octanol–water partition coefficient (Wildman–Crippen LogP) is 3.80. The Labute approximate surface area is 167 Å². The number of hydrogen-bond donors (Lipinski definition) is 1. The Balaban J connectivity index is 1.44.